The van der Waals surface area contributed by atoms with Crippen LogP contribution in [0, 0.1) is 5.92 Å². The van der Waals surface area contributed by atoms with Gasteiger partial charge in [-0.3, -0.25) is 58.3 Å². The minimum absolute atomic E-state index is 0.00163. The lowest BCUT2D eigenvalue weighted by Gasteiger charge is -2.28. The monoisotopic (exact) mass is 1210 g/mol. The zero-order chi connectivity index (χ0) is 61.9. The van der Waals surface area contributed by atoms with Crippen molar-refractivity contribution < 1.29 is 48.3 Å². The van der Waals surface area contributed by atoms with Crippen LogP contribution in [0.15, 0.2) is 50.3 Å². The van der Waals surface area contributed by atoms with Gasteiger partial charge < -0.3 is 99.2 Å². The molecule has 27 N–H and O–H groups in total. The average Bonchev–Trinajstić information content (AvgIpc) is 3.49. The Morgan fingerprint density at radius 3 is 1.07 bits per heavy atom. The van der Waals surface area contributed by atoms with E-state index >= 15 is 0 Å². The first-order valence-corrected chi connectivity index (χ1v) is 28.1. The largest absolute Gasteiger partial charge is 0.480 e. The van der Waals surface area contributed by atoms with Crippen molar-refractivity contribution in [3.05, 3.63) is 35.9 Å². The molecule has 1 aromatic rings. The van der Waals surface area contributed by atoms with Gasteiger partial charge in [0.25, 0.3) is 0 Å². The second kappa shape index (κ2) is 39.9. The van der Waals surface area contributed by atoms with E-state index in [1.165, 1.54) is 0 Å². The second-order valence-corrected chi connectivity index (χ2v) is 20.2. The number of nitrogens with zero attached hydrogens (tertiary/aromatic N) is 4. The molecule has 1 rings (SSSR count). The van der Waals surface area contributed by atoms with Crippen LogP contribution >= 0.6 is 37.9 Å². The first-order chi connectivity index (χ1) is 38.7. The van der Waals surface area contributed by atoms with Crippen molar-refractivity contribution >= 4 is 115 Å². The average molecular weight is 1210 g/mol. The molecule has 0 saturated heterocycles. The first kappa shape index (κ1) is 72.6. The van der Waals surface area contributed by atoms with Gasteiger partial charge >= 0.3 is 5.97 Å². The number of guanidine groups is 4. The number of benzene rings is 1. The Balaban J connectivity index is 3.60. The van der Waals surface area contributed by atoms with Crippen LogP contribution in [-0.4, -0.2) is 180 Å². The molecule has 0 aromatic heterocycles. The van der Waals surface area contributed by atoms with Crippen LogP contribution in [0.5, 0.6) is 0 Å². The molecule has 460 valence electrons. The number of nitrogens with one attached hydrogen (secondary N) is 8. The van der Waals surface area contributed by atoms with Crippen molar-refractivity contribution in [3.8, 4) is 0 Å². The zero-order valence-electron chi connectivity index (χ0n) is 46.1. The fraction of sp³-hybridized carbons (Fsp3) is 0.604. The summed E-state index contributed by atoms with van der Waals surface area (Å²) in [6.07, 6.45) is 0.431. The molecule has 0 heterocycles. The quantitative estimate of drug-likeness (QED) is 0.0126. The smallest absolute Gasteiger partial charge is 0.327 e. The standard InChI is InChI=1S/C48H85N21O10S3/c1-25(2)20-31(65-43(77)33(22-80)67-36(70)27(49)12-6-16-58-45(50)51)40(74)68-34(23-81)42(76)64-29(14-8-18-60-47(54)55)38(72)62-28(13-7-17-59-46(52)53)37(71)63-30(15-9-19-61-48(56)57)39(73)66-32(21-26-10-4-3-5-11-26)41(75)69-35(24-82)44(78)79/h3-5,10-11,25,27-35,80-82H,6-9,12-24,49H2,1-2H3,(H,62,72)(H,63,71)(H,64,76)(H,65,77)(H,66,73)(H,67,70)(H,68,74)(H,69,75)(H,78,79)(H4,50,51,58)(H4,52,53,59)(H4,54,55,60)(H4,56,57,61)/t27-,28-,29-,30-,31-,32-,33-,34-,35-/m0/s1. The number of rotatable bonds is 40. The molecule has 0 radical (unpaired) electrons. The lowest BCUT2D eigenvalue weighted by atomic mass is 10.0. The maximum Gasteiger partial charge on any atom is 0.327 e. The van der Waals surface area contributed by atoms with E-state index in [0.717, 1.165) is 0 Å². The SMILES string of the molecule is CC(C)C[C@H](NC(=O)[C@H](CS)NC(=O)[C@@H](N)CCCN=C(N)N)C(=O)N[C@@H](CS)C(=O)N[C@@H](CCCN=C(N)N)C(=O)N[C@@H](CCCN=C(N)N)C(=O)N[C@@H](CCCN=C(N)N)C(=O)N[C@@H](Cc1ccccc1)C(=O)N[C@@H](CS)C(=O)O. The number of carboxylic acid groups (broad SMARTS) is 1. The van der Waals surface area contributed by atoms with Gasteiger partial charge in [0.2, 0.25) is 47.3 Å². The van der Waals surface area contributed by atoms with E-state index in [1.54, 1.807) is 44.2 Å². The van der Waals surface area contributed by atoms with Crippen LogP contribution in [0.2, 0.25) is 0 Å². The van der Waals surface area contributed by atoms with E-state index < -0.39 is 108 Å². The molecule has 82 heavy (non-hydrogen) atoms. The molecule has 0 fully saturated rings. The fourth-order valence-electron chi connectivity index (χ4n) is 7.49. The predicted molar refractivity (Wildman–Crippen MR) is 322 cm³/mol. The molecule has 0 spiro atoms. The molecule has 1 aromatic carbocycles. The summed E-state index contributed by atoms with van der Waals surface area (Å²) in [5, 5.41) is 30.3. The Labute approximate surface area is 493 Å². The first-order valence-electron chi connectivity index (χ1n) is 26.2. The van der Waals surface area contributed by atoms with Crippen molar-refractivity contribution in [1.29, 1.82) is 0 Å². The lowest BCUT2D eigenvalue weighted by Crippen LogP contribution is -2.61. The molecule has 0 aliphatic carbocycles. The van der Waals surface area contributed by atoms with Gasteiger partial charge in [-0.25, -0.2) is 4.79 Å². The minimum atomic E-state index is -1.46. The predicted octanol–water partition coefficient (Wildman–Crippen LogP) is -6.43. The third kappa shape index (κ3) is 30.4. The maximum absolute atomic E-state index is 14.4. The Morgan fingerprint density at radius 1 is 0.427 bits per heavy atom. The maximum atomic E-state index is 14.4. The molecule has 0 unspecified atom stereocenters. The number of nitrogens with two attached hydrogens (primary N) is 9. The molecule has 31 nitrogen and oxygen atoms in total. The number of amides is 8. The summed E-state index contributed by atoms with van der Waals surface area (Å²) in [5.41, 5.74) is 50.5. The van der Waals surface area contributed by atoms with Crippen LogP contribution in [0.3, 0.4) is 0 Å². The minimum Gasteiger partial charge on any atom is -0.480 e. The van der Waals surface area contributed by atoms with Crippen molar-refractivity contribution in [2.45, 2.75) is 132 Å². The summed E-state index contributed by atoms with van der Waals surface area (Å²) in [7, 11) is 0. The van der Waals surface area contributed by atoms with Gasteiger partial charge in [0.15, 0.2) is 23.8 Å². The lowest BCUT2D eigenvalue weighted by molar-refractivity contribution is -0.141. The molecular weight excluding hydrogens is 1130 g/mol. The second-order valence-electron chi connectivity index (χ2n) is 19.1. The molecule has 0 bridgehead atoms. The third-order valence-electron chi connectivity index (χ3n) is 11.7. The number of hydrogen-bond donors (Lipinski definition) is 21. The number of carbonyl (C=O) groups excluding carboxylic acids is 8. The summed E-state index contributed by atoms with van der Waals surface area (Å²) in [4.78, 5) is 139. The van der Waals surface area contributed by atoms with Crippen molar-refractivity contribution in [2.24, 2.45) is 77.5 Å². The van der Waals surface area contributed by atoms with E-state index in [4.69, 9.17) is 51.6 Å². The van der Waals surface area contributed by atoms with Crippen molar-refractivity contribution in [3.63, 3.8) is 0 Å². The molecular formula is C48H85N21O10S3. The highest BCUT2D eigenvalue weighted by atomic mass is 32.1. The van der Waals surface area contributed by atoms with Crippen LogP contribution in [0.1, 0.15) is 77.2 Å². The summed E-state index contributed by atoms with van der Waals surface area (Å²) >= 11 is 12.5. The van der Waals surface area contributed by atoms with Gasteiger partial charge in [0, 0.05) is 49.9 Å². The van der Waals surface area contributed by atoms with E-state index in [9.17, 15) is 48.3 Å². The molecule has 9 atom stereocenters. The van der Waals surface area contributed by atoms with Gasteiger partial charge in [0.05, 0.1) is 6.04 Å². The number of hydrogen-bond acceptors (Lipinski definition) is 17. The number of thiol groups is 3. The molecule has 0 aliphatic rings. The van der Waals surface area contributed by atoms with E-state index in [-0.39, 0.29) is 131 Å². The van der Waals surface area contributed by atoms with E-state index in [1.807, 2.05) is 0 Å². The van der Waals surface area contributed by atoms with Crippen LogP contribution < -0.4 is 94.1 Å². The zero-order valence-corrected chi connectivity index (χ0v) is 48.8. The van der Waals surface area contributed by atoms with Gasteiger partial charge in [-0.05, 0) is 69.3 Å². The Bertz CT molecular complexity index is 2360. The van der Waals surface area contributed by atoms with Crippen LogP contribution in [0.25, 0.3) is 0 Å². The van der Waals surface area contributed by atoms with Gasteiger partial charge in [-0.2, -0.15) is 37.9 Å². The Hall–Kier alpha value is -7.46. The molecule has 0 saturated carbocycles. The van der Waals surface area contributed by atoms with Gasteiger partial charge in [-0.15, -0.1) is 0 Å². The topological polar surface area (TPSA) is 554 Å². The normalized spacial score (nSPS) is 14.1. The highest BCUT2D eigenvalue weighted by Crippen LogP contribution is 2.11. The van der Waals surface area contributed by atoms with Crippen LogP contribution in [0.4, 0.5) is 0 Å². The third-order valence-corrected chi connectivity index (χ3v) is 12.8. The number of carboxylic acids is 1. The van der Waals surface area contributed by atoms with E-state index in [2.05, 4.69) is 100 Å². The highest BCUT2D eigenvalue weighted by molar-refractivity contribution is 7.80. The summed E-state index contributed by atoms with van der Waals surface area (Å²) < 4.78 is 0. The highest BCUT2D eigenvalue weighted by Gasteiger charge is 2.35. The molecule has 8 amide bonds. The fourth-order valence-corrected chi connectivity index (χ4v) is 8.25. The summed E-state index contributed by atoms with van der Waals surface area (Å²) in [6.45, 7) is 3.79. The van der Waals surface area contributed by atoms with Crippen molar-refractivity contribution in [2.75, 3.05) is 43.4 Å². The van der Waals surface area contributed by atoms with Crippen LogP contribution in [-0.2, 0) is 49.6 Å². The van der Waals surface area contributed by atoms with Gasteiger partial charge in [-0.1, -0.05) is 44.2 Å². The Morgan fingerprint density at radius 2 is 0.720 bits per heavy atom. The van der Waals surface area contributed by atoms with E-state index in [0.29, 0.717) is 12.0 Å². The Kier molecular flexibility index (Phi) is 35.3. The number of aliphatic imine (C=N–C) groups is 4. The van der Waals surface area contributed by atoms with Crippen molar-refractivity contribution in [1.82, 2.24) is 42.5 Å². The number of aliphatic carboxylic acids is 1. The molecule has 34 heteroatoms. The summed E-state index contributed by atoms with van der Waals surface area (Å²) in [6, 6.07) is -3.53. The summed E-state index contributed by atoms with van der Waals surface area (Å²) in [5.74, 6) is -9.90. The number of carbonyl (C=O) groups is 9. The van der Waals surface area contributed by atoms with Gasteiger partial charge in [0.1, 0.15) is 48.3 Å². The molecule has 0 aliphatic heterocycles.